The summed E-state index contributed by atoms with van der Waals surface area (Å²) in [5, 5.41) is 21.3. The molecule has 3 nitrogen and oxygen atoms in total. The van der Waals surface area contributed by atoms with E-state index in [1.165, 1.54) is 18.4 Å². The minimum Gasteiger partial charge on any atom is -0.396 e. The Balaban J connectivity index is 1.77. The van der Waals surface area contributed by atoms with Gasteiger partial charge in [0.1, 0.15) is 6.29 Å². The number of hydrogen-bond donors (Lipinski definition) is 2. The molecule has 134 valence electrons. The van der Waals surface area contributed by atoms with Gasteiger partial charge in [0.05, 0.1) is 6.10 Å². The van der Waals surface area contributed by atoms with E-state index >= 15 is 0 Å². The second kappa shape index (κ2) is 5.41. The Morgan fingerprint density at radius 1 is 1.25 bits per heavy atom. The van der Waals surface area contributed by atoms with Crippen LogP contribution >= 0.6 is 0 Å². The molecule has 3 heteroatoms. The molecule has 0 aromatic rings. The van der Waals surface area contributed by atoms with E-state index in [4.69, 9.17) is 0 Å². The first-order chi connectivity index (χ1) is 11.4. The lowest BCUT2D eigenvalue weighted by atomic mass is 9.40. The largest absolute Gasteiger partial charge is 0.396 e. The van der Waals surface area contributed by atoms with E-state index in [0.717, 1.165) is 38.4 Å². The van der Waals surface area contributed by atoms with E-state index in [0.29, 0.717) is 24.2 Å². The molecule has 0 heterocycles. The van der Waals surface area contributed by atoms with Gasteiger partial charge >= 0.3 is 0 Å². The first-order valence-electron chi connectivity index (χ1n) is 9.84. The minimum absolute atomic E-state index is 0.0552. The summed E-state index contributed by atoms with van der Waals surface area (Å²) >= 11 is 0. The van der Waals surface area contributed by atoms with Crippen molar-refractivity contribution < 1.29 is 15.0 Å². The van der Waals surface area contributed by atoms with Crippen LogP contribution in [0.3, 0.4) is 0 Å². The standard InChI is InChI=1S/C21H32O3/c1-19(13-23)7-3-8-20(2)16-5-4-14-11-21(16,12-15(14)6-9-22)18(24)10-17(19)20/h9,12,14,16-18,23-24H,3-8,10-11,13H2,1-2H3/t14-,16+,17-,18+,19-,20+,21-/m1/s1. The molecule has 0 unspecified atom stereocenters. The molecule has 7 atom stereocenters. The summed E-state index contributed by atoms with van der Waals surface area (Å²) in [5.41, 5.74) is 1.32. The van der Waals surface area contributed by atoms with Crippen LogP contribution in [0.2, 0.25) is 0 Å². The first kappa shape index (κ1) is 16.8. The summed E-state index contributed by atoms with van der Waals surface area (Å²) in [6.07, 6.45) is 11.2. The summed E-state index contributed by atoms with van der Waals surface area (Å²) in [4.78, 5) is 11.1. The number of rotatable bonds is 3. The summed E-state index contributed by atoms with van der Waals surface area (Å²) in [5.74, 6) is 1.40. The zero-order valence-corrected chi connectivity index (χ0v) is 15.1. The van der Waals surface area contributed by atoms with Crippen LogP contribution in [0.5, 0.6) is 0 Å². The average molecular weight is 332 g/mol. The number of allylic oxidation sites excluding steroid dienone is 1. The lowest BCUT2D eigenvalue weighted by Crippen LogP contribution is -2.61. The van der Waals surface area contributed by atoms with Gasteiger partial charge in [0.2, 0.25) is 0 Å². The lowest BCUT2D eigenvalue weighted by Gasteiger charge is -2.65. The van der Waals surface area contributed by atoms with Crippen molar-refractivity contribution >= 4 is 6.29 Å². The maximum atomic E-state index is 11.2. The molecule has 24 heavy (non-hydrogen) atoms. The third-order valence-electron chi connectivity index (χ3n) is 8.69. The summed E-state index contributed by atoms with van der Waals surface area (Å²) in [6, 6.07) is 0. The fourth-order valence-electron chi connectivity index (χ4n) is 7.60. The zero-order chi connectivity index (χ0) is 17.2. The molecule has 0 saturated heterocycles. The summed E-state index contributed by atoms with van der Waals surface area (Å²) in [7, 11) is 0. The van der Waals surface area contributed by atoms with Gasteiger partial charge in [-0.25, -0.2) is 0 Å². The smallest absolute Gasteiger partial charge is 0.124 e. The van der Waals surface area contributed by atoms with Crippen LogP contribution in [0.1, 0.15) is 65.2 Å². The molecule has 4 aliphatic rings. The fourth-order valence-corrected chi connectivity index (χ4v) is 7.60. The third-order valence-corrected chi connectivity index (χ3v) is 8.69. The third kappa shape index (κ3) is 2.00. The molecule has 2 N–H and O–H groups in total. The van der Waals surface area contributed by atoms with Gasteiger partial charge < -0.3 is 15.0 Å². The second-order valence-corrected chi connectivity index (χ2v) is 9.71. The van der Waals surface area contributed by atoms with E-state index in [9.17, 15) is 15.0 Å². The maximum Gasteiger partial charge on any atom is 0.124 e. The molecule has 3 fully saturated rings. The Morgan fingerprint density at radius 3 is 2.75 bits per heavy atom. The van der Waals surface area contributed by atoms with Crippen molar-refractivity contribution in [1.29, 1.82) is 0 Å². The van der Waals surface area contributed by atoms with Gasteiger partial charge in [0.15, 0.2) is 0 Å². The molecular weight excluding hydrogens is 300 g/mol. The molecule has 0 aromatic carbocycles. The molecule has 3 saturated carbocycles. The zero-order valence-electron chi connectivity index (χ0n) is 15.1. The van der Waals surface area contributed by atoms with Crippen molar-refractivity contribution in [3.63, 3.8) is 0 Å². The molecule has 4 rings (SSSR count). The summed E-state index contributed by atoms with van der Waals surface area (Å²) < 4.78 is 0. The Morgan fingerprint density at radius 2 is 2.04 bits per heavy atom. The minimum atomic E-state index is -0.323. The highest BCUT2D eigenvalue weighted by Gasteiger charge is 2.65. The van der Waals surface area contributed by atoms with E-state index in [2.05, 4.69) is 19.9 Å². The quantitative estimate of drug-likeness (QED) is 0.614. The molecule has 0 aromatic heterocycles. The molecule has 0 radical (unpaired) electrons. The number of aliphatic hydroxyl groups excluding tert-OH is 2. The van der Waals surface area contributed by atoms with E-state index in [1.807, 2.05) is 0 Å². The van der Waals surface area contributed by atoms with E-state index in [1.54, 1.807) is 0 Å². The van der Waals surface area contributed by atoms with Crippen molar-refractivity contribution in [3.05, 3.63) is 11.6 Å². The molecular formula is C21H32O3. The van der Waals surface area contributed by atoms with Gasteiger partial charge in [0, 0.05) is 18.4 Å². The molecule has 0 aliphatic heterocycles. The molecule has 2 bridgehead atoms. The van der Waals surface area contributed by atoms with Crippen molar-refractivity contribution in [3.8, 4) is 0 Å². The number of aliphatic hydroxyl groups is 2. The normalized spacial score (nSPS) is 53.1. The van der Waals surface area contributed by atoms with Crippen LogP contribution in [0.4, 0.5) is 0 Å². The van der Waals surface area contributed by atoms with Crippen LogP contribution < -0.4 is 0 Å². The molecule has 1 spiro atoms. The SMILES string of the molecule is C[C@]1(CO)CCC[C@]2(C)[C@@H]1C[C@H](O)[C@]13C=C(CC=O)[C@H](CC[C@@H]21)C3. The first-order valence-corrected chi connectivity index (χ1v) is 9.84. The van der Waals surface area contributed by atoms with E-state index in [-0.39, 0.29) is 29.0 Å². The highest BCUT2D eigenvalue weighted by molar-refractivity contribution is 5.56. The van der Waals surface area contributed by atoms with Crippen LogP contribution in [0.25, 0.3) is 0 Å². The lowest BCUT2D eigenvalue weighted by molar-refractivity contribution is -0.193. The second-order valence-electron chi connectivity index (χ2n) is 9.71. The van der Waals surface area contributed by atoms with Gasteiger partial charge in [0.25, 0.3) is 0 Å². The topological polar surface area (TPSA) is 57.5 Å². The Labute approximate surface area is 145 Å². The highest BCUT2D eigenvalue weighted by atomic mass is 16.3. The maximum absolute atomic E-state index is 11.2. The fraction of sp³-hybridized carbons (Fsp3) is 0.857. The van der Waals surface area contributed by atoms with Crippen LogP contribution in [-0.2, 0) is 4.79 Å². The van der Waals surface area contributed by atoms with Crippen LogP contribution in [0.15, 0.2) is 11.6 Å². The molecule has 4 aliphatic carbocycles. The number of carbonyl (C=O) groups is 1. The predicted molar refractivity (Wildman–Crippen MR) is 93.3 cm³/mol. The number of hydrogen-bond acceptors (Lipinski definition) is 3. The monoisotopic (exact) mass is 332 g/mol. The van der Waals surface area contributed by atoms with Crippen molar-refractivity contribution in [1.82, 2.24) is 0 Å². The summed E-state index contributed by atoms with van der Waals surface area (Å²) in [6.45, 7) is 4.90. The molecule has 0 amide bonds. The van der Waals surface area contributed by atoms with Gasteiger partial charge in [-0.05, 0) is 67.1 Å². The van der Waals surface area contributed by atoms with Crippen molar-refractivity contribution in [2.24, 2.45) is 34.0 Å². The number of fused-ring (bicyclic) bond motifs is 3. The van der Waals surface area contributed by atoms with Crippen molar-refractivity contribution in [2.75, 3.05) is 6.61 Å². The predicted octanol–water partition coefficient (Wildman–Crippen LogP) is 3.49. The number of aldehydes is 1. The van der Waals surface area contributed by atoms with Gasteiger partial charge in [-0.2, -0.15) is 0 Å². The Bertz CT molecular complexity index is 569. The van der Waals surface area contributed by atoms with E-state index < -0.39 is 0 Å². The van der Waals surface area contributed by atoms with Crippen LogP contribution in [0, 0.1) is 34.0 Å². The number of carbonyl (C=O) groups excluding carboxylic acids is 1. The average Bonchev–Trinajstić information content (AvgIpc) is 2.83. The van der Waals surface area contributed by atoms with Crippen molar-refractivity contribution in [2.45, 2.75) is 71.3 Å². The highest BCUT2D eigenvalue weighted by Crippen LogP contribution is 2.70. The van der Waals surface area contributed by atoms with Crippen LogP contribution in [-0.4, -0.2) is 29.2 Å². The van der Waals surface area contributed by atoms with Gasteiger partial charge in [-0.1, -0.05) is 31.9 Å². The van der Waals surface area contributed by atoms with Gasteiger partial charge in [-0.3, -0.25) is 0 Å². The Hall–Kier alpha value is -0.670. The Kier molecular flexibility index (Phi) is 3.78. The van der Waals surface area contributed by atoms with Gasteiger partial charge in [-0.15, -0.1) is 0 Å².